The second-order valence-corrected chi connectivity index (χ2v) is 3.51. The van der Waals surface area contributed by atoms with E-state index in [2.05, 4.69) is 45.9 Å². The Kier molecular flexibility index (Phi) is 2.91. The smallest absolute Gasteiger partial charge is 0.000912 e. The Hall–Kier alpha value is -0.780. The fourth-order valence-corrected chi connectivity index (χ4v) is 1.46. The van der Waals surface area contributed by atoms with Crippen LogP contribution in [0.25, 0.3) is 0 Å². The molecule has 0 fully saturated rings. The number of hydrogen-bond donors (Lipinski definition) is 0. The van der Waals surface area contributed by atoms with E-state index in [0.717, 1.165) is 6.42 Å². The first kappa shape index (κ1) is 9.31. The standard InChI is InChI=1S/C12H17/c1-5-11-7-6-10(4)8-12(11)9(2)3/h6-8H,5H2,1-4H3. The van der Waals surface area contributed by atoms with Crippen molar-refractivity contribution in [2.75, 3.05) is 0 Å². The summed E-state index contributed by atoms with van der Waals surface area (Å²) in [6, 6.07) is 6.69. The molecule has 0 saturated heterocycles. The van der Waals surface area contributed by atoms with Crippen LogP contribution >= 0.6 is 0 Å². The first-order valence-corrected chi connectivity index (χ1v) is 4.55. The molecule has 0 aliphatic rings. The van der Waals surface area contributed by atoms with Crippen LogP contribution in [-0.2, 0) is 6.42 Å². The van der Waals surface area contributed by atoms with Gasteiger partial charge in [0.05, 0.1) is 0 Å². The summed E-state index contributed by atoms with van der Waals surface area (Å²) < 4.78 is 0. The second kappa shape index (κ2) is 3.75. The molecule has 0 aliphatic carbocycles. The van der Waals surface area contributed by atoms with Gasteiger partial charge in [-0.25, -0.2) is 0 Å². The van der Waals surface area contributed by atoms with E-state index in [0.29, 0.717) is 0 Å². The highest BCUT2D eigenvalue weighted by atomic mass is 14.1. The molecule has 0 N–H and O–H groups in total. The normalized spacial score (nSPS) is 10.8. The average molecular weight is 161 g/mol. The van der Waals surface area contributed by atoms with Crippen molar-refractivity contribution < 1.29 is 0 Å². The number of rotatable bonds is 2. The first-order chi connectivity index (χ1) is 5.65. The van der Waals surface area contributed by atoms with E-state index in [4.69, 9.17) is 0 Å². The zero-order chi connectivity index (χ0) is 9.14. The largest absolute Gasteiger partial charge is 0.0613 e. The number of benzene rings is 1. The molecule has 1 aromatic carbocycles. The molecule has 1 radical (unpaired) electrons. The van der Waals surface area contributed by atoms with Gasteiger partial charge in [-0.2, -0.15) is 0 Å². The Labute approximate surface area is 75.6 Å². The van der Waals surface area contributed by atoms with Gasteiger partial charge in [0.1, 0.15) is 0 Å². The minimum absolute atomic E-state index is 1.13. The highest BCUT2D eigenvalue weighted by Gasteiger charge is 2.04. The second-order valence-electron chi connectivity index (χ2n) is 3.51. The topological polar surface area (TPSA) is 0 Å². The Morgan fingerprint density at radius 3 is 2.42 bits per heavy atom. The van der Waals surface area contributed by atoms with Crippen molar-refractivity contribution in [3.8, 4) is 0 Å². The third kappa shape index (κ3) is 1.88. The molecule has 0 heterocycles. The quantitative estimate of drug-likeness (QED) is 0.622. The minimum atomic E-state index is 1.13. The maximum atomic E-state index is 2.27. The zero-order valence-electron chi connectivity index (χ0n) is 8.44. The van der Waals surface area contributed by atoms with Crippen LogP contribution < -0.4 is 0 Å². The van der Waals surface area contributed by atoms with Crippen molar-refractivity contribution in [1.29, 1.82) is 0 Å². The van der Waals surface area contributed by atoms with Crippen LogP contribution in [0.3, 0.4) is 0 Å². The van der Waals surface area contributed by atoms with Gasteiger partial charge in [0.25, 0.3) is 0 Å². The van der Waals surface area contributed by atoms with Gasteiger partial charge >= 0.3 is 0 Å². The van der Waals surface area contributed by atoms with Gasteiger partial charge < -0.3 is 0 Å². The predicted molar refractivity (Wildman–Crippen MR) is 54.3 cm³/mol. The van der Waals surface area contributed by atoms with Crippen LogP contribution in [-0.4, -0.2) is 0 Å². The van der Waals surface area contributed by atoms with Crippen molar-refractivity contribution in [3.63, 3.8) is 0 Å². The van der Waals surface area contributed by atoms with E-state index < -0.39 is 0 Å². The monoisotopic (exact) mass is 161 g/mol. The van der Waals surface area contributed by atoms with Crippen molar-refractivity contribution in [2.24, 2.45) is 0 Å². The predicted octanol–water partition coefficient (Wildman–Crippen LogP) is 3.52. The van der Waals surface area contributed by atoms with Gasteiger partial charge in [-0.1, -0.05) is 44.5 Å². The van der Waals surface area contributed by atoms with Gasteiger partial charge in [-0.15, -0.1) is 0 Å². The number of aryl methyl sites for hydroxylation is 2. The summed E-state index contributed by atoms with van der Waals surface area (Å²) in [5.74, 6) is 1.41. The van der Waals surface area contributed by atoms with E-state index in [1.165, 1.54) is 22.6 Å². The maximum Gasteiger partial charge on any atom is -0.000912 e. The molecule has 0 amide bonds. The summed E-state index contributed by atoms with van der Waals surface area (Å²) in [4.78, 5) is 0. The summed E-state index contributed by atoms with van der Waals surface area (Å²) in [6.07, 6.45) is 1.13. The summed E-state index contributed by atoms with van der Waals surface area (Å²) >= 11 is 0. The Bertz CT molecular complexity index is 259. The van der Waals surface area contributed by atoms with E-state index in [-0.39, 0.29) is 0 Å². The Balaban J connectivity index is 3.12. The van der Waals surface area contributed by atoms with Crippen molar-refractivity contribution in [1.82, 2.24) is 0 Å². The van der Waals surface area contributed by atoms with Crippen LogP contribution in [0.15, 0.2) is 18.2 Å². The summed E-state index contributed by atoms with van der Waals surface area (Å²) in [5, 5.41) is 0. The first-order valence-electron chi connectivity index (χ1n) is 4.55. The third-order valence-corrected chi connectivity index (χ3v) is 2.18. The minimum Gasteiger partial charge on any atom is -0.0613 e. The molecular formula is C12H17. The van der Waals surface area contributed by atoms with Gasteiger partial charge in [-0.05, 0) is 30.4 Å². The summed E-state index contributed by atoms with van der Waals surface area (Å²) in [6.45, 7) is 8.70. The lowest BCUT2D eigenvalue weighted by Gasteiger charge is -2.11. The van der Waals surface area contributed by atoms with Gasteiger partial charge in [-0.3, -0.25) is 0 Å². The molecule has 1 rings (SSSR count). The fourth-order valence-electron chi connectivity index (χ4n) is 1.46. The lowest BCUT2D eigenvalue weighted by atomic mass is 9.94. The van der Waals surface area contributed by atoms with E-state index in [9.17, 15) is 0 Å². The summed E-state index contributed by atoms with van der Waals surface area (Å²) in [5.41, 5.74) is 4.24. The number of hydrogen-bond acceptors (Lipinski definition) is 0. The third-order valence-electron chi connectivity index (χ3n) is 2.18. The molecule has 65 valence electrons. The molecule has 0 atom stereocenters. The fraction of sp³-hybridized carbons (Fsp3) is 0.417. The van der Waals surface area contributed by atoms with Gasteiger partial charge in [0.2, 0.25) is 0 Å². The maximum absolute atomic E-state index is 2.27. The molecule has 0 aromatic heterocycles. The molecular weight excluding hydrogens is 144 g/mol. The molecule has 12 heavy (non-hydrogen) atoms. The van der Waals surface area contributed by atoms with Crippen molar-refractivity contribution in [2.45, 2.75) is 34.1 Å². The molecule has 0 heteroatoms. The van der Waals surface area contributed by atoms with E-state index >= 15 is 0 Å². The molecule has 0 spiro atoms. The Morgan fingerprint density at radius 1 is 1.25 bits per heavy atom. The highest BCUT2D eigenvalue weighted by molar-refractivity contribution is 5.39. The van der Waals surface area contributed by atoms with Crippen LogP contribution in [0.5, 0.6) is 0 Å². The molecule has 0 aliphatic heterocycles. The van der Waals surface area contributed by atoms with Crippen molar-refractivity contribution >= 4 is 0 Å². The highest BCUT2D eigenvalue weighted by Crippen LogP contribution is 2.20. The molecule has 1 aromatic rings. The molecule has 0 bridgehead atoms. The molecule has 0 saturated carbocycles. The Morgan fingerprint density at radius 2 is 1.92 bits per heavy atom. The van der Waals surface area contributed by atoms with Crippen molar-refractivity contribution in [3.05, 3.63) is 40.8 Å². The molecule has 0 nitrogen and oxygen atoms in total. The average Bonchev–Trinajstić information content (AvgIpc) is 2.04. The van der Waals surface area contributed by atoms with Gasteiger partial charge in [0, 0.05) is 0 Å². The van der Waals surface area contributed by atoms with E-state index in [1.807, 2.05) is 0 Å². The van der Waals surface area contributed by atoms with Gasteiger partial charge in [0.15, 0.2) is 0 Å². The van der Waals surface area contributed by atoms with Crippen LogP contribution in [0.1, 0.15) is 37.5 Å². The zero-order valence-corrected chi connectivity index (χ0v) is 8.44. The van der Waals surface area contributed by atoms with Crippen LogP contribution in [0.2, 0.25) is 0 Å². The lowest BCUT2D eigenvalue weighted by molar-refractivity contribution is 1.05. The van der Waals surface area contributed by atoms with E-state index in [1.54, 1.807) is 0 Å². The summed E-state index contributed by atoms with van der Waals surface area (Å²) in [7, 11) is 0. The molecule has 0 unspecified atom stereocenters. The lowest BCUT2D eigenvalue weighted by Crippen LogP contribution is -1.96. The van der Waals surface area contributed by atoms with Crippen LogP contribution in [0, 0.1) is 12.8 Å². The van der Waals surface area contributed by atoms with Crippen LogP contribution in [0.4, 0.5) is 0 Å². The SMILES string of the molecule is CCc1ccc(C)cc1[C](C)C.